The first-order valence-electron chi connectivity index (χ1n) is 4.85. The van der Waals surface area contributed by atoms with E-state index < -0.39 is 17.4 Å². The lowest BCUT2D eigenvalue weighted by Gasteiger charge is -2.29. The normalized spacial score (nSPS) is 23.9. The SMILES string of the molecule is CC(C)=C1C(C(=O)O)=CC=CC1(C)C(=O)O. The van der Waals surface area contributed by atoms with Gasteiger partial charge in [0.15, 0.2) is 0 Å². The quantitative estimate of drug-likeness (QED) is 0.749. The van der Waals surface area contributed by atoms with Crippen LogP contribution in [-0.4, -0.2) is 22.2 Å². The van der Waals surface area contributed by atoms with Crippen molar-refractivity contribution in [2.75, 3.05) is 0 Å². The number of allylic oxidation sites excluding steroid dienone is 3. The summed E-state index contributed by atoms with van der Waals surface area (Å²) in [5.74, 6) is -2.15. The van der Waals surface area contributed by atoms with Crippen molar-refractivity contribution in [3.05, 3.63) is 34.9 Å². The molecule has 1 unspecified atom stereocenters. The molecule has 0 heterocycles. The number of carboxylic acid groups (broad SMARTS) is 2. The van der Waals surface area contributed by atoms with Gasteiger partial charge in [0.25, 0.3) is 0 Å². The molecule has 0 saturated heterocycles. The van der Waals surface area contributed by atoms with Crippen LogP contribution in [0.2, 0.25) is 0 Å². The molecule has 1 atom stereocenters. The Balaban J connectivity index is 3.46. The van der Waals surface area contributed by atoms with Crippen LogP contribution < -0.4 is 0 Å². The average molecular weight is 222 g/mol. The molecule has 16 heavy (non-hydrogen) atoms. The van der Waals surface area contributed by atoms with Gasteiger partial charge in [0.05, 0.1) is 5.57 Å². The number of aliphatic carboxylic acids is 2. The second-order valence-electron chi connectivity index (χ2n) is 4.13. The van der Waals surface area contributed by atoms with Crippen LogP contribution in [0.15, 0.2) is 34.9 Å². The summed E-state index contributed by atoms with van der Waals surface area (Å²) in [5.41, 5.74) is -0.160. The number of carboxylic acids is 2. The van der Waals surface area contributed by atoms with Crippen LogP contribution in [0.5, 0.6) is 0 Å². The highest BCUT2D eigenvalue weighted by Gasteiger charge is 2.40. The topological polar surface area (TPSA) is 74.6 Å². The molecule has 4 nitrogen and oxygen atoms in total. The van der Waals surface area contributed by atoms with E-state index in [1.807, 2.05) is 0 Å². The molecule has 86 valence electrons. The zero-order valence-corrected chi connectivity index (χ0v) is 9.44. The molecule has 2 N–H and O–H groups in total. The van der Waals surface area contributed by atoms with E-state index in [0.717, 1.165) is 0 Å². The van der Waals surface area contributed by atoms with Gasteiger partial charge in [0.1, 0.15) is 5.41 Å². The average Bonchev–Trinajstić information content (AvgIpc) is 2.16. The molecule has 0 saturated carbocycles. The van der Waals surface area contributed by atoms with Crippen molar-refractivity contribution in [2.45, 2.75) is 20.8 Å². The van der Waals surface area contributed by atoms with Crippen molar-refractivity contribution < 1.29 is 19.8 Å². The predicted molar refractivity (Wildman–Crippen MR) is 59.0 cm³/mol. The Kier molecular flexibility index (Phi) is 3.03. The Morgan fingerprint density at radius 3 is 2.19 bits per heavy atom. The minimum absolute atomic E-state index is 0.0485. The third-order valence-corrected chi connectivity index (χ3v) is 2.66. The molecule has 0 aromatic carbocycles. The summed E-state index contributed by atoms with van der Waals surface area (Å²) in [5, 5.41) is 18.3. The Hall–Kier alpha value is -1.84. The fraction of sp³-hybridized carbons (Fsp3) is 0.333. The van der Waals surface area contributed by atoms with Gasteiger partial charge >= 0.3 is 11.9 Å². The van der Waals surface area contributed by atoms with E-state index in [-0.39, 0.29) is 5.57 Å². The van der Waals surface area contributed by atoms with Crippen molar-refractivity contribution in [1.29, 1.82) is 0 Å². The van der Waals surface area contributed by atoms with Gasteiger partial charge in [-0.1, -0.05) is 17.7 Å². The van der Waals surface area contributed by atoms with Crippen LogP contribution in [0.25, 0.3) is 0 Å². The van der Waals surface area contributed by atoms with Crippen molar-refractivity contribution in [3.8, 4) is 0 Å². The van der Waals surface area contributed by atoms with E-state index in [1.54, 1.807) is 13.8 Å². The second-order valence-corrected chi connectivity index (χ2v) is 4.13. The molecule has 0 amide bonds. The van der Waals surface area contributed by atoms with Crippen LogP contribution in [0, 0.1) is 5.41 Å². The zero-order chi connectivity index (χ0) is 12.5. The van der Waals surface area contributed by atoms with Gasteiger partial charge in [-0.25, -0.2) is 4.79 Å². The number of carbonyl (C=O) groups is 2. The fourth-order valence-corrected chi connectivity index (χ4v) is 1.93. The standard InChI is InChI=1S/C12H14O4/c1-7(2)9-8(10(13)14)5-4-6-12(9,3)11(15)16/h4-6H,1-3H3,(H,13,14)(H,15,16). The van der Waals surface area contributed by atoms with Gasteiger partial charge in [0.2, 0.25) is 0 Å². The summed E-state index contributed by atoms with van der Waals surface area (Å²) < 4.78 is 0. The Morgan fingerprint density at radius 1 is 1.25 bits per heavy atom. The summed E-state index contributed by atoms with van der Waals surface area (Å²) in [6.07, 6.45) is 4.41. The molecule has 0 aromatic heterocycles. The minimum Gasteiger partial charge on any atom is -0.480 e. The van der Waals surface area contributed by atoms with E-state index in [9.17, 15) is 14.7 Å². The molecule has 1 aliphatic carbocycles. The second kappa shape index (κ2) is 3.96. The van der Waals surface area contributed by atoms with Gasteiger partial charge in [-0.3, -0.25) is 4.79 Å². The van der Waals surface area contributed by atoms with E-state index in [0.29, 0.717) is 11.1 Å². The number of hydrogen-bond acceptors (Lipinski definition) is 2. The molecule has 0 radical (unpaired) electrons. The molecule has 1 aliphatic rings. The molecule has 0 bridgehead atoms. The third kappa shape index (κ3) is 1.78. The van der Waals surface area contributed by atoms with E-state index >= 15 is 0 Å². The molecule has 0 spiro atoms. The maximum Gasteiger partial charge on any atom is 0.336 e. The first-order chi connectivity index (χ1) is 7.30. The van der Waals surface area contributed by atoms with Crippen LogP contribution in [-0.2, 0) is 9.59 Å². The van der Waals surface area contributed by atoms with Gasteiger partial charge in [-0.05, 0) is 32.4 Å². The Bertz CT molecular complexity index is 436. The van der Waals surface area contributed by atoms with Crippen LogP contribution in [0.1, 0.15) is 20.8 Å². The highest BCUT2D eigenvalue weighted by Crippen LogP contribution is 2.39. The highest BCUT2D eigenvalue weighted by molar-refractivity contribution is 5.97. The van der Waals surface area contributed by atoms with Crippen molar-refractivity contribution in [1.82, 2.24) is 0 Å². The molecule has 4 heteroatoms. The number of rotatable bonds is 2. The molecule has 0 fully saturated rings. The van der Waals surface area contributed by atoms with Crippen LogP contribution in [0.4, 0.5) is 0 Å². The van der Waals surface area contributed by atoms with Gasteiger partial charge in [-0.15, -0.1) is 0 Å². The van der Waals surface area contributed by atoms with E-state index in [4.69, 9.17) is 5.11 Å². The molecule has 1 rings (SSSR count). The van der Waals surface area contributed by atoms with Gasteiger partial charge < -0.3 is 10.2 Å². The largest absolute Gasteiger partial charge is 0.480 e. The lowest BCUT2D eigenvalue weighted by atomic mass is 9.73. The van der Waals surface area contributed by atoms with Gasteiger partial charge in [-0.2, -0.15) is 0 Å². The fourth-order valence-electron chi connectivity index (χ4n) is 1.93. The highest BCUT2D eigenvalue weighted by atomic mass is 16.4. The van der Waals surface area contributed by atoms with Gasteiger partial charge in [0, 0.05) is 0 Å². The summed E-state index contributed by atoms with van der Waals surface area (Å²) in [4.78, 5) is 22.3. The lowest BCUT2D eigenvalue weighted by Crippen LogP contribution is -2.32. The lowest BCUT2D eigenvalue weighted by molar-refractivity contribution is -0.143. The Morgan fingerprint density at radius 2 is 1.81 bits per heavy atom. The third-order valence-electron chi connectivity index (χ3n) is 2.66. The molecule has 0 aliphatic heterocycles. The van der Waals surface area contributed by atoms with E-state index in [2.05, 4.69) is 0 Å². The Labute approximate surface area is 93.6 Å². The monoisotopic (exact) mass is 222 g/mol. The smallest absolute Gasteiger partial charge is 0.336 e. The van der Waals surface area contributed by atoms with Crippen LogP contribution in [0.3, 0.4) is 0 Å². The van der Waals surface area contributed by atoms with Crippen LogP contribution >= 0.6 is 0 Å². The number of hydrogen-bond donors (Lipinski definition) is 2. The zero-order valence-electron chi connectivity index (χ0n) is 9.44. The summed E-state index contributed by atoms with van der Waals surface area (Å²) in [6.45, 7) is 4.93. The first kappa shape index (κ1) is 12.2. The van der Waals surface area contributed by atoms with E-state index in [1.165, 1.54) is 25.2 Å². The molecule has 0 aromatic rings. The summed E-state index contributed by atoms with van der Waals surface area (Å²) in [7, 11) is 0. The summed E-state index contributed by atoms with van der Waals surface area (Å²) in [6, 6.07) is 0. The van der Waals surface area contributed by atoms with Crippen molar-refractivity contribution >= 4 is 11.9 Å². The van der Waals surface area contributed by atoms with Crippen molar-refractivity contribution in [3.63, 3.8) is 0 Å². The summed E-state index contributed by atoms with van der Waals surface area (Å²) >= 11 is 0. The first-order valence-corrected chi connectivity index (χ1v) is 4.85. The minimum atomic E-state index is -1.26. The maximum absolute atomic E-state index is 11.3. The van der Waals surface area contributed by atoms with Crippen molar-refractivity contribution in [2.24, 2.45) is 5.41 Å². The maximum atomic E-state index is 11.3. The molecular formula is C12H14O4. The molecular weight excluding hydrogens is 208 g/mol. The predicted octanol–water partition coefficient (Wildman–Crippen LogP) is 1.99.